The molecule has 0 radical (unpaired) electrons. The van der Waals surface area contributed by atoms with Gasteiger partial charge in [-0.3, -0.25) is 4.99 Å². The molecular weight excluding hydrogens is 308 g/mol. The second-order valence-electron chi connectivity index (χ2n) is 5.51. The van der Waals surface area contributed by atoms with Gasteiger partial charge in [-0.2, -0.15) is 0 Å². The van der Waals surface area contributed by atoms with E-state index in [0.29, 0.717) is 31.6 Å². The molecule has 0 spiro atoms. The molecule has 0 aliphatic carbocycles. The molecule has 7 nitrogen and oxygen atoms in total. The Morgan fingerprint density at radius 2 is 2.00 bits per heavy atom. The summed E-state index contributed by atoms with van der Waals surface area (Å²) < 4.78 is 16.9. The maximum atomic E-state index is 5.70. The van der Waals surface area contributed by atoms with Gasteiger partial charge in [0.25, 0.3) is 0 Å². The van der Waals surface area contributed by atoms with Gasteiger partial charge >= 0.3 is 0 Å². The lowest BCUT2D eigenvalue weighted by Crippen LogP contribution is -2.30. The van der Waals surface area contributed by atoms with E-state index in [-0.39, 0.29) is 0 Å². The maximum Gasteiger partial charge on any atom is 0.214 e. The number of ether oxygens (including phenoxy) is 2. The molecule has 0 amide bonds. The minimum Gasteiger partial charge on any atom is -0.490 e. The third-order valence-corrected chi connectivity index (χ3v) is 3.71. The average Bonchev–Trinajstić information content (AvgIpc) is 2.77. The van der Waals surface area contributed by atoms with Crippen molar-refractivity contribution in [3.63, 3.8) is 0 Å². The normalized spacial score (nSPS) is 14.2. The third-order valence-electron chi connectivity index (χ3n) is 3.71. The molecule has 0 saturated heterocycles. The highest BCUT2D eigenvalue weighted by Gasteiger charge is 2.12. The van der Waals surface area contributed by atoms with Crippen LogP contribution in [-0.4, -0.2) is 31.2 Å². The van der Waals surface area contributed by atoms with Crippen molar-refractivity contribution in [2.24, 2.45) is 4.99 Å². The van der Waals surface area contributed by atoms with Crippen molar-refractivity contribution in [3.8, 4) is 11.5 Å². The molecule has 128 valence electrons. The first-order chi connectivity index (χ1) is 11.7. The summed E-state index contributed by atoms with van der Waals surface area (Å²) in [6.45, 7) is 5.62. The molecule has 3 rings (SSSR count). The number of guanidine groups is 1. The molecule has 1 aliphatic heterocycles. The number of aromatic nitrogens is 1. The van der Waals surface area contributed by atoms with Gasteiger partial charge in [0, 0.05) is 25.2 Å². The molecule has 0 fully saturated rings. The highest BCUT2D eigenvalue weighted by Crippen LogP contribution is 2.32. The fourth-order valence-electron chi connectivity index (χ4n) is 2.33. The van der Waals surface area contributed by atoms with Gasteiger partial charge in [-0.1, -0.05) is 0 Å². The van der Waals surface area contributed by atoms with Crippen LogP contribution in [-0.2, 0) is 6.54 Å². The Balaban J connectivity index is 1.64. The third kappa shape index (κ3) is 3.79. The summed E-state index contributed by atoms with van der Waals surface area (Å²) in [5, 5.41) is 6.40. The van der Waals surface area contributed by atoms with Crippen molar-refractivity contribution in [3.05, 3.63) is 35.5 Å². The fraction of sp³-hybridized carbons (Fsp3) is 0.412. The minimum atomic E-state index is 0.457. The number of aliphatic imine (C=N–C) groups is 1. The molecule has 7 heteroatoms. The molecule has 0 bridgehead atoms. The van der Waals surface area contributed by atoms with Gasteiger partial charge in [0.05, 0.1) is 25.5 Å². The first kappa shape index (κ1) is 16.2. The number of hydrogen-bond acceptors (Lipinski definition) is 5. The van der Waals surface area contributed by atoms with Crippen LogP contribution in [0.3, 0.4) is 0 Å². The molecule has 1 aliphatic rings. The lowest BCUT2D eigenvalue weighted by Gasteiger charge is -2.13. The Hall–Kier alpha value is -2.70. The van der Waals surface area contributed by atoms with E-state index in [9.17, 15) is 0 Å². The largest absolute Gasteiger partial charge is 0.490 e. The monoisotopic (exact) mass is 330 g/mol. The minimum absolute atomic E-state index is 0.457. The van der Waals surface area contributed by atoms with Crippen molar-refractivity contribution in [1.82, 2.24) is 10.3 Å². The molecule has 2 N–H and O–H groups in total. The zero-order valence-corrected chi connectivity index (χ0v) is 14.2. The number of anilines is 1. The molecule has 0 atom stereocenters. The predicted octanol–water partition coefficient (Wildman–Crippen LogP) is 2.64. The second kappa shape index (κ2) is 7.25. The number of aryl methyl sites for hydroxylation is 2. The van der Waals surface area contributed by atoms with E-state index in [1.54, 1.807) is 7.05 Å². The Bertz CT molecular complexity index is 720. The van der Waals surface area contributed by atoms with Gasteiger partial charge in [-0.05, 0) is 26.0 Å². The maximum absolute atomic E-state index is 5.70. The zero-order valence-electron chi connectivity index (χ0n) is 14.2. The molecule has 2 heterocycles. The van der Waals surface area contributed by atoms with E-state index >= 15 is 0 Å². The summed E-state index contributed by atoms with van der Waals surface area (Å²) >= 11 is 0. The van der Waals surface area contributed by atoms with E-state index in [1.165, 1.54) is 0 Å². The van der Waals surface area contributed by atoms with E-state index in [1.807, 2.05) is 32.0 Å². The van der Waals surface area contributed by atoms with Crippen molar-refractivity contribution < 1.29 is 13.9 Å². The number of fused-ring (bicyclic) bond motifs is 1. The first-order valence-corrected chi connectivity index (χ1v) is 7.96. The van der Waals surface area contributed by atoms with Crippen molar-refractivity contribution in [1.29, 1.82) is 0 Å². The van der Waals surface area contributed by atoms with E-state index in [4.69, 9.17) is 13.9 Å². The zero-order chi connectivity index (χ0) is 16.9. The van der Waals surface area contributed by atoms with Crippen LogP contribution in [0.15, 0.2) is 27.6 Å². The van der Waals surface area contributed by atoms with Gasteiger partial charge < -0.3 is 24.5 Å². The van der Waals surface area contributed by atoms with E-state index in [2.05, 4.69) is 20.6 Å². The highest BCUT2D eigenvalue weighted by atomic mass is 16.5. The smallest absolute Gasteiger partial charge is 0.214 e. The first-order valence-electron chi connectivity index (χ1n) is 7.96. The lowest BCUT2D eigenvalue weighted by atomic mass is 10.3. The molecular formula is C17H22N4O3. The number of hydrogen-bond donors (Lipinski definition) is 2. The summed E-state index contributed by atoms with van der Waals surface area (Å²) in [6.07, 6.45) is 0.885. The van der Waals surface area contributed by atoms with Gasteiger partial charge in [0.15, 0.2) is 17.5 Å². The topological polar surface area (TPSA) is 80.9 Å². The van der Waals surface area contributed by atoms with Crippen LogP contribution in [0.4, 0.5) is 5.69 Å². The summed E-state index contributed by atoms with van der Waals surface area (Å²) in [5.74, 6) is 3.60. The summed E-state index contributed by atoms with van der Waals surface area (Å²) in [6, 6.07) is 5.74. The number of benzene rings is 1. The van der Waals surface area contributed by atoms with Crippen molar-refractivity contribution in [2.75, 3.05) is 25.6 Å². The highest BCUT2D eigenvalue weighted by molar-refractivity contribution is 5.93. The molecule has 2 aromatic rings. The quantitative estimate of drug-likeness (QED) is 0.665. The SMILES string of the molecule is CN=C(NCc1nc(C)c(C)o1)Nc1ccc2c(c1)OCCCO2. The Morgan fingerprint density at radius 1 is 1.21 bits per heavy atom. The van der Waals surface area contributed by atoms with Gasteiger partial charge in [-0.25, -0.2) is 4.98 Å². The predicted molar refractivity (Wildman–Crippen MR) is 91.8 cm³/mol. The molecule has 1 aromatic heterocycles. The van der Waals surface area contributed by atoms with Crippen molar-refractivity contribution in [2.45, 2.75) is 26.8 Å². The molecule has 24 heavy (non-hydrogen) atoms. The van der Waals surface area contributed by atoms with Gasteiger partial charge in [0.2, 0.25) is 5.89 Å². The van der Waals surface area contributed by atoms with Crippen LogP contribution in [0.1, 0.15) is 23.8 Å². The Morgan fingerprint density at radius 3 is 2.71 bits per heavy atom. The van der Waals surface area contributed by atoms with Crippen LogP contribution in [0.2, 0.25) is 0 Å². The Kier molecular flexibility index (Phi) is 4.88. The standard InChI is InChI=1S/C17H22N4O3/c1-11-12(2)24-16(20-11)10-19-17(18-3)21-13-5-6-14-15(9-13)23-8-4-7-22-14/h5-6,9H,4,7-8,10H2,1-3H3,(H2,18,19,21). The van der Waals surface area contributed by atoms with Gasteiger partial charge in [-0.15, -0.1) is 0 Å². The fourth-order valence-corrected chi connectivity index (χ4v) is 2.33. The van der Waals surface area contributed by atoms with Crippen LogP contribution < -0.4 is 20.1 Å². The van der Waals surface area contributed by atoms with Crippen LogP contribution in [0, 0.1) is 13.8 Å². The van der Waals surface area contributed by atoms with Crippen LogP contribution in [0.25, 0.3) is 0 Å². The lowest BCUT2D eigenvalue weighted by molar-refractivity contribution is 0.297. The summed E-state index contributed by atoms with van der Waals surface area (Å²) in [4.78, 5) is 8.55. The molecule has 0 saturated carbocycles. The van der Waals surface area contributed by atoms with Gasteiger partial charge in [0.1, 0.15) is 5.76 Å². The number of nitrogens with zero attached hydrogens (tertiary/aromatic N) is 2. The van der Waals surface area contributed by atoms with Crippen molar-refractivity contribution >= 4 is 11.6 Å². The number of oxazole rings is 1. The Labute approximate surface area is 141 Å². The summed E-state index contributed by atoms with van der Waals surface area (Å²) in [7, 11) is 1.71. The van der Waals surface area contributed by atoms with Crippen LogP contribution in [0.5, 0.6) is 11.5 Å². The second-order valence-corrected chi connectivity index (χ2v) is 5.51. The number of nitrogens with one attached hydrogen (secondary N) is 2. The summed E-state index contributed by atoms with van der Waals surface area (Å²) in [5.41, 5.74) is 1.77. The molecule has 1 aromatic carbocycles. The van der Waals surface area contributed by atoms with E-state index in [0.717, 1.165) is 35.1 Å². The number of rotatable bonds is 3. The van der Waals surface area contributed by atoms with E-state index < -0.39 is 0 Å². The van der Waals surface area contributed by atoms with Crippen LogP contribution >= 0.6 is 0 Å². The average molecular weight is 330 g/mol. The molecule has 0 unspecified atom stereocenters.